The Labute approximate surface area is 148 Å². The van der Waals surface area contributed by atoms with Crippen LogP contribution in [-0.2, 0) is 4.79 Å². The molecule has 26 heavy (non-hydrogen) atoms. The Bertz CT molecular complexity index is 934. The Balaban J connectivity index is 2.35. The van der Waals surface area contributed by atoms with E-state index in [0.717, 1.165) is 0 Å². The molecule has 1 aromatic heterocycles. The summed E-state index contributed by atoms with van der Waals surface area (Å²) in [6.07, 6.45) is 0. The summed E-state index contributed by atoms with van der Waals surface area (Å²) in [7, 11) is 0. The molecule has 9 heteroatoms. The Kier molecular flexibility index (Phi) is 4.23. The number of rotatable bonds is 4. The van der Waals surface area contributed by atoms with Crippen molar-refractivity contribution < 1.29 is 19.5 Å². The van der Waals surface area contributed by atoms with Gasteiger partial charge in [0.25, 0.3) is 5.70 Å². The van der Waals surface area contributed by atoms with Gasteiger partial charge in [-0.3, -0.25) is 10.1 Å². The van der Waals surface area contributed by atoms with E-state index < -0.39 is 16.8 Å². The lowest BCUT2D eigenvalue weighted by Gasteiger charge is -2.35. The lowest BCUT2D eigenvalue weighted by atomic mass is 9.81. The maximum Gasteiger partial charge on any atom is 0.334 e. The van der Waals surface area contributed by atoms with Crippen LogP contribution in [0.5, 0.6) is 0 Å². The number of allylic oxidation sites excluding steroid dienone is 3. The molecule has 0 fully saturated rings. The Hall–Kier alpha value is -3.23. The second-order valence-electron chi connectivity index (χ2n) is 6.50. The normalized spacial score (nSPS) is 18.2. The van der Waals surface area contributed by atoms with Crippen LogP contribution in [0.1, 0.15) is 27.7 Å². The van der Waals surface area contributed by atoms with Gasteiger partial charge in [-0.05, 0) is 42.2 Å². The van der Waals surface area contributed by atoms with Crippen LogP contribution >= 0.6 is 0 Å². The Morgan fingerprint density at radius 3 is 2.58 bits per heavy atom. The van der Waals surface area contributed by atoms with Crippen LogP contribution in [0.3, 0.4) is 0 Å². The molecule has 0 amide bonds. The summed E-state index contributed by atoms with van der Waals surface area (Å²) in [5, 5.41) is 29.2. The molecule has 1 aliphatic heterocycles. The topological polar surface area (TPSA) is 123 Å². The summed E-state index contributed by atoms with van der Waals surface area (Å²) in [5.41, 5.74) is 2.01. The first kappa shape index (κ1) is 17.6. The zero-order chi connectivity index (χ0) is 19.2. The fourth-order valence-electron chi connectivity index (χ4n) is 3.59. The lowest BCUT2D eigenvalue weighted by molar-refractivity contribution is -0.435. The Morgan fingerprint density at radius 1 is 1.31 bits per heavy atom. The van der Waals surface area contributed by atoms with Crippen molar-refractivity contribution in [1.82, 2.24) is 10.3 Å². The number of carboxylic acid groups (broad SMARTS) is 1. The molecular weight excluding hydrogens is 340 g/mol. The summed E-state index contributed by atoms with van der Waals surface area (Å²) in [6.45, 7) is 6.80. The molecule has 1 N–H and O–H groups in total. The monoisotopic (exact) mass is 358 g/mol. The van der Waals surface area contributed by atoms with E-state index in [1.165, 1.54) is 0 Å². The van der Waals surface area contributed by atoms with E-state index in [9.17, 15) is 20.0 Å². The van der Waals surface area contributed by atoms with Gasteiger partial charge in [-0.1, -0.05) is 19.9 Å². The second-order valence-corrected chi connectivity index (χ2v) is 6.50. The third-order valence-corrected chi connectivity index (χ3v) is 4.64. The molecule has 0 radical (unpaired) electrons. The van der Waals surface area contributed by atoms with E-state index in [2.05, 4.69) is 10.3 Å². The van der Waals surface area contributed by atoms with Gasteiger partial charge < -0.3 is 10.0 Å². The van der Waals surface area contributed by atoms with Gasteiger partial charge in [0.1, 0.15) is 5.52 Å². The number of hydrogen-bond donors (Lipinski definition) is 1. The number of carbonyl (C=O) groups is 1. The van der Waals surface area contributed by atoms with E-state index in [0.29, 0.717) is 28.1 Å². The molecule has 1 atom stereocenters. The average Bonchev–Trinajstić information content (AvgIpc) is 3.02. The highest BCUT2D eigenvalue weighted by Gasteiger charge is 2.44. The maximum absolute atomic E-state index is 12.0. The zero-order valence-electron chi connectivity index (χ0n) is 14.8. The first-order chi connectivity index (χ1) is 12.3. The van der Waals surface area contributed by atoms with Crippen molar-refractivity contribution in [3.63, 3.8) is 0 Å². The number of hydrogen-bond acceptors (Lipinski definition) is 7. The van der Waals surface area contributed by atoms with E-state index in [1.807, 2.05) is 0 Å². The SMILES string of the molecule is CC1=C(C(=O)O)C(C(C)C)C([N+](=O)[O-])=C(C)N1c1cccc2nonc12. The van der Waals surface area contributed by atoms with Crippen LogP contribution in [0.25, 0.3) is 11.0 Å². The minimum absolute atomic E-state index is 0.00533. The predicted octanol–water partition coefficient (Wildman–Crippen LogP) is 3.18. The molecule has 3 rings (SSSR count). The van der Waals surface area contributed by atoms with Crippen LogP contribution in [0, 0.1) is 22.0 Å². The maximum atomic E-state index is 12.0. The van der Waals surface area contributed by atoms with Gasteiger partial charge in [-0.25, -0.2) is 9.42 Å². The minimum Gasteiger partial charge on any atom is -0.478 e. The molecule has 2 heterocycles. The molecule has 0 saturated carbocycles. The molecule has 0 bridgehead atoms. The van der Waals surface area contributed by atoms with Crippen LogP contribution < -0.4 is 4.90 Å². The molecule has 9 nitrogen and oxygen atoms in total. The number of fused-ring (bicyclic) bond motifs is 1. The van der Waals surface area contributed by atoms with E-state index in [4.69, 9.17) is 4.63 Å². The number of carboxylic acids is 1. The van der Waals surface area contributed by atoms with Gasteiger partial charge in [0.2, 0.25) is 0 Å². The van der Waals surface area contributed by atoms with E-state index >= 15 is 0 Å². The number of aliphatic carboxylic acids is 1. The fourth-order valence-corrected chi connectivity index (χ4v) is 3.59. The van der Waals surface area contributed by atoms with Gasteiger partial charge in [0.05, 0.1) is 27.8 Å². The highest BCUT2D eigenvalue weighted by Crippen LogP contribution is 2.43. The van der Waals surface area contributed by atoms with Crippen LogP contribution in [0.2, 0.25) is 0 Å². The average molecular weight is 358 g/mol. The van der Waals surface area contributed by atoms with Gasteiger partial charge >= 0.3 is 5.97 Å². The van der Waals surface area contributed by atoms with Crippen molar-refractivity contribution in [3.8, 4) is 0 Å². The van der Waals surface area contributed by atoms with Gasteiger partial charge in [0, 0.05) is 5.70 Å². The number of nitro groups is 1. The summed E-state index contributed by atoms with van der Waals surface area (Å²) in [5.74, 6) is -2.24. The molecule has 1 unspecified atom stereocenters. The van der Waals surface area contributed by atoms with Crippen molar-refractivity contribution in [2.45, 2.75) is 27.7 Å². The third-order valence-electron chi connectivity index (χ3n) is 4.64. The highest BCUT2D eigenvalue weighted by molar-refractivity contribution is 5.94. The Morgan fingerprint density at radius 2 is 2.00 bits per heavy atom. The van der Waals surface area contributed by atoms with Crippen molar-refractivity contribution in [2.24, 2.45) is 11.8 Å². The van der Waals surface area contributed by atoms with E-state index in [-0.39, 0.29) is 17.2 Å². The lowest BCUT2D eigenvalue weighted by Crippen LogP contribution is -2.37. The molecule has 1 aromatic carbocycles. The van der Waals surface area contributed by atoms with E-state index in [1.54, 1.807) is 50.8 Å². The first-order valence-electron chi connectivity index (χ1n) is 8.06. The second kappa shape index (κ2) is 6.25. The number of aromatic nitrogens is 2. The molecule has 0 spiro atoms. The third kappa shape index (κ3) is 2.52. The zero-order valence-corrected chi connectivity index (χ0v) is 14.8. The van der Waals surface area contributed by atoms with Gasteiger partial charge in [-0.2, -0.15) is 0 Å². The van der Waals surface area contributed by atoms with Gasteiger partial charge in [-0.15, -0.1) is 0 Å². The van der Waals surface area contributed by atoms with Crippen LogP contribution in [-0.4, -0.2) is 26.3 Å². The smallest absolute Gasteiger partial charge is 0.334 e. The van der Waals surface area contributed by atoms with Crippen LogP contribution in [0.15, 0.2) is 45.5 Å². The molecule has 136 valence electrons. The number of nitrogens with zero attached hydrogens (tertiary/aromatic N) is 4. The fraction of sp³-hybridized carbons (Fsp3) is 0.353. The number of anilines is 1. The first-order valence-corrected chi connectivity index (χ1v) is 8.06. The highest BCUT2D eigenvalue weighted by atomic mass is 16.6. The summed E-state index contributed by atoms with van der Waals surface area (Å²) in [4.78, 5) is 24.8. The molecule has 1 aliphatic rings. The quantitative estimate of drug-likeness (QED) is 0.653. The molecular formula is C17H18N4O5. The standard InChI is InChI=1S/C17H18N4O5/c1-8(2)13-14(17(22)23)9(3)20(10(4)16(13)21(24)25)12-7-5-6-11-15(12)19-26-18-11/h5-8,13H,1-4H3,(H,22,23). The largest absolute Gasteiger partial charge is 0.478 e. The molecule has 0 aliphatic carbocycles. The van der Waals surface area contributed by atoms with Crippen molar-refractivity contribution in [3.05, 3.63) is 51.0 Å². The number of benzene rings is 1. The van der Waals surface area contributed by atoms with Gasteiger partial charge in [0.15, 0.2) is 5.52 Å². The summed E-state index contributed by atoms with van der Waals surface area (Å²) in [6, 6.07) is 5.11. The predicted molar refractivity (Wildman–Crippen MR) is 92.6 cm³/mol. The summed E-state index contributed by atoms with van der Waals surface area (Å²) < 4.78 is 4.77. The summed E-state index contributed by atoms with van der Waals surface area (Å²) >= 11 is 0. The minimum atomic E-state index is -1.18. The van der Waals surface area contributed by atoms with Crippen molar-refractivity contribution in [1.29, 1.82) is 0 Å². The van der Waals surface area contributed by atoms with Crippen molar-refractivity contribution in [2.75, 3.05) is 4.90 Å². The van der Waals surface area contributed by atoms with Crippen molar-refractivity contribution >= 4 is 22.7 Å². The molecule has 2 aromatic rings. The molecule has 0 saturated heterocycles. The van der Waals surface area contributed by atoms with Crippen LogP contribution in [0.4, 0.5) is 5.69 Å².